The molecule has 0 saturated heterocycles. The maximum Gasteiger partial charge on any atom is 0.573 e. The number of carbonyl (C=O) groups excluding carboxylic acids is 1. The number of hydrogen-bond donors (Lipinski definition) is 1. The first-order valence-electron chi connectivity index (χ1n) is 9.57. The highest BCUT2D eigenvalue weighted by Crippen LogP contribution is 2.34. The molecule has 0 aliphatic heterocycles. The van der Waals surface area contributed by atoms with E-state index in [1.165, 1.54) is 18.2 Å². The Morgan fingerprint density at radius 1 is 1.14 bits per heavy atom. The van der Waals surface area contributed by atoms with E-state index in [1.54, 1.807) is 12.4 Å². The fourth-order valence-electron chi connectivity index (χ4n) is 3.68. The first-order chi connectivity index (χ1) is 13.9. The number of benzene rings is 1. The molecule has 156 valence electrons. The van der Waals surface area contributed by atoms with E-state index in [-0.39, 0.29) is 5.56 Å². The molecular weight excluding hydrogens is 385 g/mol. The van der Waals surface area contributed by atoms with Gasteiger partial charge in [-0.25, -0.2) is 0 Å². The summed E-state index contributed by atoms with van der Waals surface area (Å²) in [5.74, 6) is 0.681. The number of rotatable bonds is 8. The Kier molecular flexibility index (Phi) is 6.95. The third kappa shape index (κ3) is 6.66. The minimum absolute atomic E-state index is 0.140. The molecule has 29 heavy (non-hydrogen) atoms. The standard InChI is InChI=1S/C21H23F3N2O3/c22-21(23,24)29-18-7-2-5-16(12-18)20(27)26-13-17-6-1-4-15(17)9-11-28-19-8-3-10-25-14-19/h2-3,5,7-8,10,12,14-15,17H,1,4,6,9,11,13H2,(H,26,27). The van der Waals surface area contributed by atoms with E-state index in [1.807, 2.05) is 12.1 Å². The molecule has 1 heterocycles. The molecule has 8 heteroatoms. The molecule has 2 atom stereocenters. The molecule has 1 aliphatic carbocycles. The average molecular weight is 408 g/mol. The summed E-state index contributed by atoms with van der Waals surface area (Å²) in [5.41, 5.74) is 0.140. The lowest BCUT2D eigenvalue weighted by Gasteiger charge is -2.20. The van der Waals surface area contributed by atoms with Crippen molar-refractivity contribution >= 4 is 5.91 Å². The fraction of sp³-hybridized carbons (Fsp3) is 0.429. The molecule has 0 spiro atoms. The van der Waals surface area contributed by atoms with Crippen molar-refractivity contribution in [3.05, 3.63) is 54.4 Å². The van der Waals surface area contributed by atoms with E-state index in [0.29, 0.717) is 25.0 Å². The molecule has 1 fully saturated rings. The summed E-state index contributed by atoms with van der Waals surface area (Å²) in [6.45, 7) is 1.07. The lowest BCUT2D eigenvalue weighted by molar-refractivity contribution is -0.274. The normalized spacial score (nSPS) is 19.0. The number of nitrogens with zero attached hydrogens (tertiary/aromatic N) is 1. The van der Waals surface area contributed by atoms with Crippen molar-refractivity contribution < 1.29 is 27.4 Å². The van der Waals surface area contributed by atoms with Crippen molar-refractivity contribution in [1.82, 2.24) is 10.3 Å². The maximum atomic E-state index is 12.3. The Morgan fingerprint density at radius 3 is 2.69 bits per heavy atom. The highest BCUT2D eigenvalue weighted by molar-refractivity contribution is 5.94. The monoisotopic (exact) mass is 408 g/mol. The van der Waals surface area contributed by atoms with E-state index in [9.17, 15) is 18.0 Å². The second-order valence-corrected chi connectivity index (χ2v) is 7.06. The molecule has 1 amide bonds. The molecule has 5 nitrogen and oxygen atoms in total. The van der Waals surface area contributed by atoms with Crippen molar-refractivity contribution in [1.29, 1.82) is 0 Å². The Labute approximate surface area is 167 Å². The molecule has 0 bridgehead atoms. The summed E-state index contributed by atoms with van der Waals surface area (Å²) in [6, 6.07) is 8.76. The minimum atomic E-state index is -4.79. The van der Waals surface area contributed by atoms with Crippen LogP contribution in [0, 0.1) is 11.8 Å². The van der Waals surface area contributed by atoms with Gasteiger partial charge < -0.3 is 14.8 Å². The Hall–Kier alpha value is -2.77. The van der Waals surface area contributed by atoms with Crippen molar-refractivity contribution in [2.24, 2.45) is 11.8 Å². The first kappa shape index (κ1) is 21.0. The van der Waals surface area contributed by atoms with E-state index in [2.05, 4.69) is 15.0 Å². The van der Waals surface area contributed by atoms with Gasteiger partial charge in [-0.3, -0.25) is 9.78 Å². The lowest BCUT2D eigenvalue weighted by atomic mass is 9.93. The summed E-state index contributed by atoms with van der Waals surface area (Å²) >= 11 is 0. The highest BCUT2D eigenvalue weighted by atomic mass is 19.4. The van der Waals surface area contributed by atoms with Crippen LogP contribution in [0.3, 0.4) is 0 Å². The van der Waals surface area contributed by atoms with Crippen LogP contribution in [-0.2, 0) is 0 Å². The summed E-state index contributed by atoms with van der Waals surface area (Å²) in [6.07, 6.45) is 2.62. The summed E-state index contributed by atoms with van der Waals surface area (Å²) in [5, 5.41) is 2.84. The minimum Gasteiger partial charge on any atom is -0.492 e. The van der Waals surface area contributed by atoms with Gasteiger partial charge in [0.15, 0.2) is 0 Å². The van der Waals surface area contributed by atoms with Gasteiger partial charge in [0.1, 0.15) is 11.5 Å². The van der Waals surface area contributed by atoms with Crippen molar-refractivity contribution in [3.8, 4) is 11.5 Å². The van der Waals surface area contributed by atoms with E-state index < -0.39 is 18.0 Å². The molecular formula is C21H23F3N2O3. The maximum absolute atomic E-state index is 12.3. The van der Waals surface area contributed by atoms with Gasteiger partial charge >= 0.3 is 6.36 Å². The third-order valence-corrected chi connectivity index (χ3v) is 5.06. The smallest absolute Gasteiger partial charge is 0.492 e. The van der Waals surface area contributed by atoms with E-state index in [0.717, 1.165) is 37.5 Å². The van der Waals surface area contributed by atoms with Crippen LogP contribution in [0.2, 0.25) is 0 Å². The Morgan fingerprint density at radius 2 is 1.93 bits per heavy atom. The summed E-state index contributed by atoms with van der Waals surface area (Å²) in [7, 11) is 0. The zero-order valence-electron chi connectivity index (χ0n) is 15.8. The first-order valence-corrected chi connectivity index (χ1v) is 9.57. The molecule has 1 aromatic carbocycles. The number of pyridine rings is 1. The molecule has 0 radical (unpaired) electrons. The van der Waals surface area contributed by atoms with Crippen LogP contribution < -0.4 is 14.8 Å². The number of amides is 1. The van der Waals surface area contributed by atoms with Gasteiger partial charge in [0.2, 0.25) is 0 Å². The predicted octanol–water partition coefficient (Wildman–Crippen LogP) is 4.60. The molecule has 1 aromatic heterocycles. The Balaban J connectivity index is 1.47. The molecule has 3 rings (SSSR count). The average Bonchev–Trinajstić information content (AvgIpc) is 3.13. The number of nitrogens with one attached hydrogen (secondary N) is 1. The topological polar surface area (TPSA) is 60.5 Å². The Bertz CT molecular complexity index is 799. The van der Waals surface area contributed by atoms with Crippen LogP contribution in [0.4, 0.5) is 13.2 Å². The van der Waals surface area contributed by atoms with Gasteiger partial charge in [-0.2, -0.15) is 0 Å². The molecule has 1 aliphatic rings. The zero-order valence-corrected chi connectivity index (χ0v) is 15.8. The van der Waals surface area contributed by atoms with Crippen molar-refractivity contribution in [2.75, 3.05) is 13.2 Å². The molecule has 1 N–H and O–H groups in total. The van der Waals surface area contributed by atoms with Crippen LogP contribution in [0.25, 0.3) is 0 Å². The zero-order chi connectivity index (χ0) is 20.7. The largest absolute Gasteiger partial charge is 0.573 e. The van der Waals surface area contributed by atoms with Crippen LogP contribution >= 0.6 is 0 Å². The fourth-order valence-corrected chi connectivity index (χ4v) is 3.68. The summed E-state index contributed by atoms with van der Waals surface area (Å²) < 4.78 is 46.6. The predicted molar refractivity (Wildman–Crippen MR) is 101 cm³/mol. The quantitative estimate of drug-likeness (QED) is 0.694. The van der Waals surface area contributed by atoms with Crippen molar-refractivity contribution in [3.63, 3.8) is 0 Å². The van der Waals surface area contributed by atoms with Gasteiger partial charge in [-0.05, 0) is 61.4 Å². The highest BCUT2D eigenvalue weighted by Gasteiger charge is 2.31. The van der Waals surface area contributed by atoms with E-state index in [4.69, 9.17) is 4.74 Å². The number of halogens is 3. The number of alkyl halides is 3. The second-order valence-electron chi connectivity index (χ2n) is 7.06. The second kappa shape index (κ2) is 9.62. The van der Waals surface area contributed by atoms with Gasteiger partial charge in [-0.15, -0.1) is 13.2 Å². The number of hydrogen-bond acceptors (Lipinski definition) is 4. The number of aromatic nitrogens is 1. The summed E-state index contributed by atoms with van der Waals surface area (Å²) in [4.78, 5) is 16.4. The van der Waals surface area contributed by atoms with Crippen LogP contribution in [0.1, 0.15) is 36.0 Å². The van der Waals surface area contributed by atoms with Gasteiger partial charge in [-0.1, -0.05) is 12.5 Å². The van der Waals surface area contributed by atoms with Gasteiger partial charge in [0.05, 0.1) is 12.8 Å². The lowest BCUT2D eigenvalue weighted by Crippen LogP contribution is -2.31. The van der Waals surface area contributed by atoms with Gasteiger partial charge in [0, 0.05) is 18.3 Å². The molecule has 2 aromatic rings. The number of ether oxygens (including phenoxy) is 2. The van der Waals surface area contributed by atoms with E-state index >= 15 is 0 Å². The SMILES string of the molecule is O=C(NCC1CCCC1CCOc1cccnc1)c1cccc(OC(F)(F)F)c1. The van der Waals surface area contributed by atoms with Crippen LogP contribution in [-0.4, -0.2) is 30.4 Å². The van der Waals surface area contributed by atoms with Gasteiger partial charge in [0.25, 0.3) is 5.91 Å². The van der Waals surface area contributed by atoms with Crippen LogP contribution in [0.15, 0.2) is 48.8 Å². The number of carbonyl (C=O) groups is 1. The molecule has 2 unspecified atom stereocenters. The third-order valence-electron chi connectivity index (χ3n) is 5.06. The molecule has 1 saturated carbocycles. The van der Waals surface area contributed by atoms with Crippen LogP contribution in [0.5, 0.6) is 11.5 Å². The van der Waals surface area contributed by atoms with Crippen molar-refractivity contribution in [2.45, 2.75) is 32.0 Å².